The van der Waals surface area contributed by atoms with E-state index in [1.165, 1.54) is 38.1 Å². The van der Waals surface area contributed by atoms with Crippen molar-refractivity contribution in [3.8, 4) is 22.9 Å². The second-order valence-corrected chi connectivity index (χ2v) is 7.43. The van der Waals surface area contributed by atoms with E-state index >= 15 is 0 Å². The lowest BCUT2D eigenvalue weighted by atomic mass is 10.1. The number of phenols is 1. The number of fused-ring (bicyclic) bond motifs is 1. The number of halogens is 1. The van der Waals surface area contributed by atoms with Gasteiger partial charge in [0.2, 0.25) is 11.7 Å². The fraction of sp³-hybridized carbons (Fsp3) is 0.200. The number of carbonyl (C=O) groups excluding carboxylic acids is 1. The van der Waals surface area contributed by atoms with Gasteiger partial charge in [-0.3, -0.25) is 9.36 Å². The molecule has 7 nitrogen and oxygen atoms in total. The van der Waals surface area contributed by atoms with Crippen LogP contribution < -0.4 is 14.8 Å². The number of phenolic OH excluding ortho intramolecular Hbond substituents is 1. The van der Waals surface area contributed by atoms with E-state index in [0.717, 1.165) is 5.56 Å². The van der Waals surface area contributed by atoms with Crippen molar-refractivity contribution in [2.24, 2.45) is 0 Å². The topological polar surface area (TPSA) is 85.6 Å². The highest BCUT2D eigenvalue weighted by atomic mass is 32.2. The van der Waals surface area contributed by atoms with Gasteiger partial charge in [0.15, 0.2) is 17.3 Å². The number of thioether (sulfide) groups is 1. The molecule has 0 saturated heterocycles. The van der Waals surface area contributed by atoms with Gasteiger partial charge in [-0.25, -0.2) is 9.37 Å². The van der Waals surface area contributed by atoms with E-state index in [9.17, 15) is 14.3 Å². The summed E-state index contributed by atoms with van der Waals surface area (Å²) in [4.78, 5) is 16.5. The van der Waals surface area contributed by atoms with Gasteiger partial charge >= 0.3 is 0 Å². The molecule has 4 rings (SSSR count). The van der Waals surface area contributed by atoms with Crippen LogP contribution in [0.15, 0.2) is 42.7 Å². The van der Waals surface area contributed by atoms with Crippen LogP contribution in [0.5, 0.6) is 17.2 Å². The average molecular weight is 415 g/mol. The van der Waals surface area contributed by atoms with Crippen LogP contribution in [0.3, 0.4) is 0 Å². The molecule has 1 aliphatic heterocycles. The smallest absolute Gasteiger partial charge is 0.235 e. The summed E-state index contributed by atoms with van der Waals surface area (Å²) in [6, 6.07) is 9.52. The molecule has 9 heteroatoms. The van der Waals surface area contributed by atoms with Gasteiger partial charge in [0.25, 0.3) is 0 Å². The molecule has 1 aliphatic rings. The number of nitrogens with zero attached hydrogens (tertiary/aromatic N) is 2. The molecule has 0 saturated carbocycles. The Morgan fingerprint density at radius 2 is 1.97 bits per heavy atom. The molecule has 0 aliphatic carbocycles. The van der Waals surface area contributed by atoms with Gasteiger partial charge in [-0.05, 0) is 35.9 Å². The van der Waals surface area contributed by atoms with E-state index < -0.39 is 0 Å². The molecule has 2 aromatic carbocycles. The summed E-state index contributed by atoms with van der Waals surface area (Å²) in [6.07, 6.45) is 1.55. The van der Waals surface area contributed by atoms with Crippen molar-refractivity contribution >= 4 is 23.5 Å². The van der Waals surface area contributed by atoms with Crippen LogP contribution in [0.4, 0.5) is 10.2 Å². The molecule has 0 fully saturated rings. The number of hydrogen-bond donors (Lipinski definition) is 2. The Hall–Kier alpha value is -3.20. The minimum atomic E-state index is -0.375. The summed E-state index contributed by atoms with van der Waals surface area (Å²) < 4.78 is 26.1. The lowest BCUT2D eigenvalue weighted by Gasteiger charge is -2.20. The summed E-state index contributed by atoms with van der Waals surface area (Å²) in [5.74, 6) is 0.450. The third-order valence-electron chi connectivity index (χ3n) is 4.58. The molecule has 0 radical (unpaired) electrons. The minimum absolute atomic E-state index is 0.106. The molecule has 0 spiro atoms. The number of carbonyl (C=O) groups is 1. The minimum Gasteiger partial charge on any atom is -0.502 e. The van der Waals surface area contributed by atoms with E-state index in [1.54, 1.807) is 35.2 Å². The second kappa shape index (κ2) is 7.67. The number of methoxy groups -OCH3 is 2. The lowest BCUT2D eigenvalue weighted by molar-refractivity contribution is -0.113. The van der Waals surface area contributed by atoms with Gasteiger partial charge < -0.3 is 19.9 Å². The number of aromatic nitrogens is 2. The first-order chi connectivity index (χ1) is 14.0. The first-order valence-corrected chi connectivity index (χ1v) is 9.76. The molecule has 3 aromatic rings. The van der Waals surface area contributed by atoms with Crippen LogP contribution in [0.2, 0.25) is 0 Å². The molecule has 29 heavy (non-hydrogen) atoms. The SMILES string of the molecule is COc1cc(C2SCC(=O)Nc3ncn(-c4cccc(F)c4)c32)cc(OC)c1O. The predicted molar refractivity (Wildman–Crippen MR) is 108 cm³/mol. The Balaban J connectivity index is 1.91. The highest BCUT2D eigenvalue weighted by molar-refractivity contribution is 8.00. The molecule has 1 atom stereocenters. The molecule has 2 N–H and O–H groups in total. The molecule has 1 amide bonds. The fourth-order valence-electron chi connectivity index (χ4n) is 3.26. The summed E-state index contributed by atoms with van der Waals surface area (Å²) in [6.45, 7) is 0. The Morgan fingerprint density at radius 3 is 2.62 bits per heavy atom. The van der Waals surface area contributed by atoms with Gasteiger partial charge in [-0.1, -0.05) is 6.07 Å². The maximum atomic E-state index is 13.8. The van der Waals surface area contributed by atoms with Gasteiger partial charge in [-0.2, -0.15) is 0 Å². The Bertz CT molecular complexity index is 1060. The molecular formula is C20H18FN3O4S. The quantitative estimate of drug-likeness (QED) is 0.678. The summed E-state index contributed by atoms with van der Waals surface area (Å²) >= 11 is 1.39. The number of anilines is 1. The van der Waals surface area contributed by atoms with Crippen molar-refractivity contribution in [3.63, 3.8) is 0 Å². The van der Waals surface area contributed by atoms with Crippen molar-refractivity contribution in [3.05, 3.63) is 59.8 Å². The van der Waals surface area contributed by atoms with Gasteiger partial charge in [0.05, 0.1) is 30.9 Å². The number of benzene rings is 2. The number of rotatable bonds is 4. The zero-order valence-electron chi connectivity index (χ0n) is 15.7. The monoisotopic (exact) mass is 415 g/mol. The van der Waals surface area contributed by atoms with E-state index in [1.807, 2.05) is 0 Å². The lowest BCUT2D eigenvalue weighted by Crippen LogP contribution is -2.12. The maximum Gasteiger partial charge on any atom is 0.235 e. The molecule has 1 unspecified atom stereocenters. The van der Waals surface area contributed by atoms with Crippen LogP contribution in [0.1, 0.15) is 16.5 Å². The fourth-order valence-corrected chi connectivity index (χ4v) is 4.36. The highest BCUT2D eigenvalue weighted by Gasteiger charge is 2.30. The highest BCUT2D eigenvalue weighted by Crippen LogP contribution is 2.46. The first kappa shape index (κ1) is 19.1. The van der Waals surface area contributed by atoms with Crippen LogP contribution in [0.25, 0.3) is 5.69 Å². The second-order valence-electron chi connectivity index (χ2n) is 6.34. The third-order valence-corrected chi connectivity index (χ3v) is 5.84. The maximum absolute atomic E-state index is 13.8. The molecule has 1 aromatic heterocycles. The van der Waals surface area contributed by atoms with Crippen molar-refractivity contribution in [2.75, 3.05) is 25.3 Å². The van der Waals surface area contributed by atoms with E-state index in [4.69, 9.17) is 9.47 Å². The number of amides is 1. The van der Waals surface area contributed by atoms with Crippen LogP contribution >= 0.6 is 11.8 Å². The van der Waals surface area contributed by atoms with Crippen LogP contribution in [0, 0.1) is 5.82 Å². The molecule has 0 bridgehead atoms. The van der Waals surface area contributed by atoms with E-state index in [2.05, 4.69) is 10.3 Å². The van der Waals surface area contributed by atoms with E-state index in [-0.39, 0.29) is 40.0 Å². The molecular weight excluding hydrogens is 397 g/mol. The molecule has 2 heterocycles. The van der Waals surface area contributed by atoms with Crippen molar-refractivity contribution in [2.45, 2.75) is 5.25 Å². The predicted octanol–water partition coefficient (Wildman–Crippen LogP) is 3.51. The largest absolute Gasteiger partial charge is 0.502 e. The average Bonchev–Trinajstić information content (AvgIpc) is 3.04. The van der Waals surface area contributed by atoms with Crippen molar-refractivity contribution in [1.82, 2.24) is 9.55 Å². The van der Waals surface area contributed by atoms with Gasteiger partial charge in [0.1, 0.15) is 12.1 Å². The van der Waals surface area contributed by atoms with Crippen LogP contribution in [-0.2, 0) is 4.79 Å². The number of aromatic hydroxyl groups is 1. The number of nitrogens with one attached hydrogen (secondary N) is 1. The Morgan fingerprint density at radius 1 is 1.24 bits per heavy atom. The standard InChI is InChI=1S/C20H18FN3O4S/c1-27-14-6-11(7-15(28-2)18(14)26)19-17-20(23-16(25)9-29-19)22-10-24(17)13-5-3-4-12(21)8-13/h3-8,10,19,26H,9H2,1-2H3,(H,23,25). The zero-order chi connectivity index (χ0) is 20.5. The number of ether oxygens (including phenoxy) is 2. The van der Waals surface area contributed by atoms with Crippen molar-refractivity contribution < 1.29 is 23.8 Å². The van der Waals surface area contributed by atoms with Crippen molar-refractivity contribution in [1.29, 1.82) is 0 Å². The Kier molecular flexibility index (Phi) is 5.06. The van der Waals surface area contributed by atoms with E-state index in [0.29, 0.717) is 17.2 Å². The first-order valence-electron chi connectivity index (χ1n) is 8.71. The normalized spacial score (nSPS) is 16.0. The third kappa shape index (κ3) is 3.49. The van der Waals surface area contributed by atoms with Gasteiger partial charge in [-0.15, -0.1) is 11.8 Å². The summed E-state index contributed by atoms with van der Waals surface area (Å²) in [7, 11) is 2.90. The summed E-state index contributed by atoms with van der Waals surface area (Å²) in [5.41, 5.74) is 2.01. The summed E-state index contributed by atoms with van der Waals surface area (Å²) in [5, 5.41) is 12.7. The van der Waals surface area contributed by atoms with Gasteiger partial charge in [0, 0.05) is 5.69 Å². The Labute approximate surface area is 170 Å². The van der Waals surface area contributed by atoms with Crippen LogP contribution in [-0.4, -0.2) is 40.5 Å². The zero-order valence-corrected chi connectivity index (χ0v) is 16.5. The number of hydrogen-bond acceptors (Lipinski definition) is 6. The number of imidazole rings is 1. The molecule has 150 valence electrons.